The second-order valence-corrected chi connectivity index (χ2v) is 12.8. The van der Waals surface area contributed by atoms with Crippen LogP contribution in [-0.2, 0) is 85.7 Å². The predicted molar refractivity (Wildman–Crippen MR) is 159 cm³/mol. The largest absolute Gasteiger partial charge is 0.463 e. The summed E-state index contributed by atoms with van der Waals surface area (Å²) in [6, 6.07) is 0. The second kappa shape index (κ2) is 18.8. The molecule has 0 aromatic rings. The fraction of sp³-hybridized carbons (Fsp3) is 0.714. The summed E-state index contributed by atoms with van der Waals surface area (Å²) < 4.78 is 54.9. The number of carbonyl (C=O) groups excluding carboxylic acids is 8. The van der Waals surface area contributed by atoms with Gasteiger partial charge in [-0.1, -0.05) is 21.6 Å². The highest BCUT2D eigenvalue weighted by Crippen LogP contribution is 2.45. The zero-order valence-electron chi connectivity index (χ0n) is 27.4. The lowest BCUT2D eigenvalue weighted by Gasteiger charge is -2.46. The van der Waals surface area contributed by atoms with Gasteiger partial charge in [-0.15, -0.1) is 0 Å². The van der Waals surface area contributed by atoms with Gasteiger partial charge in [0.25, 0.3) is 0 Å². The maximum Gasteiger partial charge on any atom is 0.303 e. The van der Waals surface area contributed by atoms with Crippen LogP contribution in [0.2, 0.25) is 0 Å². The monoisotopic (exact) mass is 726 g/mol. The predicted octanol–water partition coefficient (Wildman–Crippen LogP) is 0.534. The molecule has 0 spiro atoms. The van der Waals surface area contributed by atoms with E-state index < -0.39 is 121 Å². The van der Waals surface area contributed by atoms with Crippen molar-refractivity contribution in [2.75, 3.05) is 13.2 Å². The van der Waals surface area contributed by atoms with Gasteiger partial charge in [0.05, 0.1) is 0 Å². The number of carbonyl (C=O) groups is 8. The summed E-state index contributed by atoms with van der Waals surface area (Å²) in [5, 5.41) is 0. The van der Waals surface area contributed by atoms with Crippen LogP contribution in [0.4, 0.5) is 0 Å². The van der Waals surface area contributed by atoms with Crippen LogP contribution in [0.1, 0.15) is 55.4 Å². The molecule has 2 aliphatic rings. The average molecular weight is 727 g/mol. The van der Waals surface area contributed by atoms with Gasteiger partial charge in [-0.05, 0) is 0 Å². The molecule has 10 atom stereocenters. The van der Waals surface area contributed by atoms with E-state index in [1.807, 2.05) is 0 Å². The van der Waals surface area contributed by atoms with Gasteiger partial charge in [0.15, 0.2) is 47.5 Å². The Labute approximate surface area is 283 Å². The second-order valence-electron chi connectivity index (χ2n) is 10.3. The molecule has 0 aromatic carbocycles. The first-order valence-corrected chi connectivity index (χ1v) is 16.6. The van der Waals surface area contributed by atoms with Crippen LogP contribution in [0, 0.1) is 0 Å². The van der Waals surface area contributed by atoms with E-state index >= 15 is 0 Å². The zero-order valence-corrected chi connectivity index (χ0v) is 29.0. The molecule has 0 aromatic heterocycles. The SMILES string of the molecule is CC(=O)OC[C@H]1O[C@@H](SS[C@@H]2O[C@H](COC(C)=O)[C@@H](OC(C)=O)[C@H](OC(C)=O)[C@@H]2OC(C)=O)[C@H](OC(C)=O)[C@@H](OC(C)=O)[C@@H]1OC(C)=O. The van der Waals surface area contributed by atoms with Crippen molar-refractivity contribution in [1.29, 1.82) is 0 Å². The van der Waals surface area contributed by atoms with E-state index in [4.69, 9.17) is 47.4 Å². The summed E-state index contributed by atoms with van der Waals surface area (Å²) in [4.78, 5) is 96.1. The topological polar surface area (TPSA) is 229 Å². The molecule has 18 nitrogen and oxygen atoms in total. The van der Waals surface area contributed by atoms with Gasteiger partial charge in [-0.25, -0.2) is 0 Å². The fourth-order valence-electron chi connectivity index (χ4n) is 4.64. The van der Waals surface area contributed by atoms with Gasteiger partial charge in [-0.2, -0.15) is 0 Å². The third-order valence-electron chi connectivity index (χ3n) is 6.14. The highest BCUT2D eigenvalue weighted by atomic mass is 33.1. The Morgan fingerprint density at radius 2 is 0.646 bits per heavy atom. The van der Waals surface area contributed by atoms with Crippen LogP contribution in [0.15, 0.2) is 0 Å². The molecular weight excluding hydrogens is 688 g/mol. The maximum absolute atomic E-state index is 12.2. The quantitative estimate of drug-likeness (QED) is 0.143. The third kappa shape index (κ3) is 12.8. The van der Waals surface area contributed by atoms with E-state index in [0.29, 0.717) is 0 Å². The molecule has 0 bridgehead atoms. The van der Waals surface area contributed by atoms with Crippen molar-refractivity contribution >= 4 is 69.3 Å². The lowest BCUT2D eigenvalue weighted by Crippen LogP contribution is -2.62. The Balaban J connectivity index is 2.57. The first kappa shape index (κ1) is 40.6. The minimum atomic E-state index is -1.46. The smallest absolute Gasteiger partial charge is 0.303 e. The Morgan fingerprint density at radius 3 is 0.896 bits per heavy atom. The summed E-state index contributed by atoms with van der Waals surface area (Å²) in [6.45, 7) is 7.75. The molecule has 0 unspecified atom stereocenters. The lowest BCUT2D eigenvalue weighted by molar-refractivity contribution is -0.238. The zero-order chi connectivity index (χ0) is 36.3. The van der Waals surface area contributed by atoms with Crippen molar-refractivity contribution in [2.45, 2.75) is 115 Å². The summed E-state index contributed by atoms with van der Waals surface area (Å²) in [5.41, 5.74) is -2.55. The van der Waals surface area contributed by atoms with Gasteiger partial charge in [0.2, 0.25) is 0 Å². The Hall–Kier alpha value is -3.62. The van der Waals surface area contributed by atoms with E-state index in [9.17, 15) is 38.4 Å². The molecular formula is C28H38O18S2. The van der Waals surface area contributed by atoms with Crippen LogP contribution >= 0.6 is 21.6 Å². The van der Waals surface area contributed by atoms with Gasteiger partial charge < -0.3 is 47.4 Å². The van der Waals surface area contributed by atoms with Crippen LogP contribution in [-0.4, -0.2) is 121 Å². The van der Waals surface area contributed by atoms with Gasteiger partial charge in [0.1, 0.15) is 25.4 Å². The molecule has 0 aliphatic carbocycles. The average Bonchev–Trinajstić information content (AvgIpc) is 2.93. The van der Waals surface area contributed by atoms with Crippen molar-refractivity contribution in [3.8, 4) is 0 Å². The number of ether oxygens (including phenoxy) is 10. The molecule has 2 saturated heterocycles. The van der Waals surface area contributed by atoms with E-state index in [-0.39, 0.29) is 0 Å². The Bertz CT molecular complexity index is 1130. The number of hydrogen-bond donors (Lipinski definition) is 0. The van der Waals surface area contributed by atoms with Crippen molar-refractivity contribution in [1.82, 2.24) is 0 Å². The maximum atomic E-state index is 12.2. The molecule has 20 heteroatoms. The summed E-state index contributed by atoms with van der Waals surface area (Å²) in [5.74, 6) is -6.37. The van der Waals surface area contributed by atoms with Crippen molar-refractivity contribution in [2.24, 2.45) is 0 Å². The molecule has 270 valence electrons. The molecule has 0 N–H and O–H groups in total. The highest BCUT2D eigenvalue weighted by Gasteiger charge is 2.55. The molecule has 2 rings (SSSR count). The minimum absolute atomic E-state index is 0.474. The van der Waals surface area contributed by atoms with Crippen molar-refractivity contribution < 1.29 is 85.7 Å². The van der Waals surface area contributed by atoms with E-state index in [1.165, 1.54) is 0 Å². The summed E-state index contributed by atoms with van der Waals surface area (Å²) >= 11 is 0. The van der Waals surface area contributed by atoms with E-state index in [0.717, 1.165) is 77.0 Å². The summed E-state index contributed by atoms with van der Waals surface area (Å²) in [6.07, 6.45) is -11.1. The van der Waals surface area contributed by atoms with Gasteiger partial charge >= 0.3 is 47.8 Å². The number of esters is 8. The molecule has 0 radical (unpaired) electrons. The molecule has 0 amide bonds. The van der Waals surface area contributed by atoms with Crippen LogP contribution < -0.4 is 0 Å². The Morgan fingerprint density at radius 1 is 0.396 bits per heavy atom. The normalized spacial score (nSPS) is 29.7. The van der Waals surface area contributed by atoms with Gasteiger partial charge in [0, 0.05) is 55.4 Å². The van der Waals surface area contributed by atoms with Crippen LogP contribution in [0.3, 0.4) is 0 Å². The van der Waals surface area contributed by atoms with E-state index in [2.05, 4.69) is 0 Å². The van der Waals surface area contributed by atoms with Crippen molar-refractivity contribution in [3.63, 3.8) is 0 Å². The minimum Gasteiger partial charge on any atom is -0.463 e. The molecule has 48 heavy (non-hydrogen) atoms. The lowest BCUT2D eigenvalue weighted by atomic mass is 9.99. The van der Waals surface area contributed by atoms with Crippen molar-refractivity contribution in [3.05, 3.63) is 0 Å². The van der Waals surface area contributed by atoms with Crippen LogP contribution in [0.25, 0.3) is 0 Å². The molecule has 2 fully saturated rings. The first-order chi connectivity index (χ1) is 22.4. The standard InChI is InChI=1S/C28H38O18S2/c1-11(29)37-9-19-21(39-13(3)31)23(41-15(5)33)25(43-17(7)35)27(45-19)47-48-28-26(44-18(8)36)24(42-16(6)34)22(40-14(4)32)20(46-28)10-38-12(2)30/h19-28H,9-10H2,1-8H3/t19-,20-,21-,22-,23+,24+,25-,26+,27+,28+/m1/s1. The highest BCUT2D eigenvalue weighted by molar-refractivity contribution is 8.77. The number of rotatable bonds is 13. The van der Waals surface area contributed by atoms with Crippen LogP contribution in [0.5, 0.6) is 0 Å². The number of hydrogen-bond acceptors (Lipinski definition) is 20. The first-order valence-electron chi connectivity index (χ1n) is 14.3. The van der Waals surface area contributed by atoms with Gasteiger partial charge in [-0.3, -0.25) is 38.4 Å². The molecule has 0 saturated carbocycles. The summed E-state index contributed by atoms with van der Waals surface area (Å²) in [7, 11) is 1.62. The third-order valence-corrected chi connectivity index (χ3v) is 8.86. The van der Waals surface area contributed by atoms with E-state index in [1.54, 1.807) is 0 Å². The Kier molecular flexibility index (Phi) is 15.9. The molecule has 2 aliphatic heterocycles. The fourth-order valence-corrected chi connectivity index (χ4v) is 7.46. The molecule has 2 heterocycles.